The smallest absolute Gasteiger partial charge is 0.140 e. The van der Waals surface area contributed by atoms with E-state index < -0.39 is 0 Å². The highest BCUT2D eigenvalue weighted by molar-refractivity contribution is 5.87. The molecule has 0 radical (unpaired) electrons. The van der Waals surface area contributed by atoms with Crippen molar-refractivity contribution in [3.05, 3.63) is 34.9 Å². The molecule has 1 unspecified atom stereocenters. The van der Waals surface area contributed by atoms with Crippen LogP contribution in [-0.4, -0.2) is 18.9 Å². The van der Waals surface area contributed by atoms with Crippen molar-refractivity contribution < 1.29 is 4.79 Å². The molecule has 1 saturated heterocycles. The molecule has 1 spiro atoms. The van der Waals surface area contributed by atoms with Crippen LogP contribution < -0.4 is 5.32 Å². The molecule has 1 heterocycles. The lowest BCUT2D eigenvalue weighted by Gasteiger charge is -2.23. The molecule has 1 aromatic carbocycles. The van der Waals surface area contributed by atoms with E-state index in [0.29, 0.717) is 23.5 Å². The molecule has 1 aromatic rings. The number of carbonyl (C=O) groups excluding carboxylic acids is 1. The lowest BCUT2D eigenvalue weighted by Crippen LogP contribution is -2.31. The molecule has 0 aromatic heterocycles. The SMILES string of the molecule is Cc1cccc(C)c1CC(=O)C1CC12CCNCC2. The first kappa shape index (κ1) is 12.9. The number of aryl methyl sites for hydroxylation is 2. The standard InChI is InChI=1S/C17H23NO/c1-12-4-3-5-13(2)14(12)10-16(19)15-11-17(15)6-8-18-9-7-17/h3-5,15,18H,6-11H2,1-2H3. The van der Waals surface area contributed by atoms with Crippen molar-refractivity contribution in [1.29, 1.82) is 0 Å². The minimum absolute atomic E-state index is 0.341. The summed E-state index contributed by atoms with van der Waals surface area (Å²) in [6, 6.07) is 6.30. The van der Waals surface area contributed by atoms with E-state index in [4.69, 9.17) is 0 Å². The van der Waals surface area contributed by atoms with E-state index in [1.54, 1.807) is 0 Å². The molecular weight excluding hydrogens is 234 g/mol. The average Bonchev–Trinajstić information content (AvgIpc) is 3.08. The molecule has 0 amide bonds. The van der Waals surface area contributed by atoms with Crippen molar-refractivity contribution in [3.63, 3.8) is 0 Å². The van der Waals surface area contributed by atoms with E-state index >= 15 is 0 Å². The van der Waals surface area contributed by atoms with Gasteiger partial charge in [0.15, 0.2) is 0 Å². The van der Waals surface area contributed by atoms with Gasteiger partial charge in [0.05, 0.1) is 0 Å². The number of carbonyl (C=O) groups is 1. The van der Waals surface area contributed by atoms with E-state index in [-0.39, 0.29) is 0 Å². The first-order valence-electron chi connectivity index (χ1n) is 7.41. The van der Waals surface area contributed by atoms with Crippen molar-refractivity contribution >= 4 is 5.78 Å². The molecule has 1 N–H and O–H groups in total. The molecule has 2 fully saturated rings. The Bertz CT molecular complexity index is 480. The lowest BCUT2D eigenvalue weighted by molar-refractivity contribution is -0.120. The molecule has 1 saturated carbocycles. The molecule has 102 valence electrons. The number of piperidine rings is 1. The molecule has 19 heavy (non-hydrogen) atoms. The van der Waals surface area contributed by atoms with Crippen LogP contribution in [0.1, 0.15) is 36.0 Å². The quantitative estimate of drug-likeness (QED) is 0.902. The largest absolute Gasteiger partial charge is 0.317 e. The zero-order chi connectivity index (χ0) is 13.5. The molecule has 2 nitrogen and oxygen atoms in total. The van der Waals surface area contributed by atoms with E-state index in [1.165, 1.54) is 29.5 Å². The van der Waals surface area contributed by atoms with Crippen LogP contribution in [0, 0.1) is 25.2 Å². The van der Waals surface area contributed by atoms with Crippen LogP contribution >= 0.6 is 0 Å². The number of hydrogen-bond acceptors (Lipinski definition) is 2. The van der Waals surface area contributed by atoms with Gasteiger partial charge in [-0.05, 0) is 68.3 Å². The van der Waals surface area contributed by atoms with E-state index in [2.05, 4.69) is 37.4 Å². The Morgan fingerprint density at radius 2 is 1.89 bits per heavy atom. The Labute approximate surface area is 115 Å². The van der Waals surface area contributed by atoms with Gasteiger partial charge in [0, 0.05) is 12.3 Å². The Kier molecular flexibility index (Phi) is 3.22. The summed E-state index contributed by atoms with van der Waals surface area (Å²) in [4.78, 5) is 12.5. The Morgan fingerprint density at radius 3 is 2.53 bits per heavy atom. The predicted octanol–water partition coefficient (Wildman–Crippen LogP) is 2.80. The summed E-state index contributed by atoms with van der Waals surface area (Å²) in [5, 5.41) is 3.40. The Morgan fingerprint density at radius 1 is 1.26 bits per heavy atom. The van der Waals surface area contributed by atoms with Gasteiger partial charge in [0.1, 0.15) is 5.78 Å². The first-order valence-corrected chi connectivity index (χ1v) is 7.41. The van der Waals surface area contributed by atoms with Crippen LogP contribution in [0.5, 0.6) is 0 Å². The summed E-state index contributed by atoms with van der Waals surface area (Å²) in [5.41, 5.74) is 4.14. The maximum Gasteiger partial charge on any atom is 0.140 e. The van der Waals surface area contributed by atoms with Gasteiger partial charge >= 0.3 is 0 Å². The third-order valence-electron chi connectivity index (χ3n) is 5.17. The highest BCUT2D eigenvalue weighted by atomic mass is 16.1. The number of nitrogens with one attached hydrogen (secondary N) is 1. The summed E-state index contributed by atoms with van der Waals surface area (Å²) < 4.78 is 0. The fraction of sp³-hybridized carbons (Fsp3) is 0.588. The van der Waals surface area contributed by atoms with Gasteiger partial charge in [-0.3, -0.25) is 4.79 Å². The van der Waals surface area contributed by atoms with Gasteiger partial charge in [0.25, 0.3) is 0 Å². The highest BCUT2D eigenvalue weighted by Crippen LogP contribution is 2.59. The summed E-state index contributed by atoms with van der Waals surface area (Å²) in [5.74, 6) is 0.813. The van der Waals surface area contributed by atoms with Gasteiger partial charge in [-0.25, -0.2) is 0 Å². The average molecular weight is 257 g/mol. The minimum Gasteiger partial charge on any atom is -0.317 e. The van der Waals surface area contributed by atoms with Gasteiger partial charge in [-0.15, -0.1) is 0 Å². The number of ketones is 1. The van der Waals surface area contributed by atoms with Crippen LogP contribution in [-0.2, 0) is 11.2 Å². The zero-order valence-corrected chi connectivity index (χ0v) is 12.0. The minimum atomic E-state index is 0.341. The van der Waals surface area contributed by atoms with Crippen LogP contribution in [0.4, 0.5) is 0 Å². The number of Topliss-reactive ketones (excluding diaryl/α,β-unsaturated/α-hetero) is 1. The number of hydrogen-bond donors (Lipinski definition) is 1. The van der Waals surface area contributed by atoms with Crippen molar-refractivity contribution in [2.24, 2.45) is 11.3 Å². The second kappa shape index (κ2) is 4.75. The number of benzene rings is 1. The third kappa shape index (κ3) is 2.34. The van der Waals surface area contributed by atoms with Crippen LogP contribution in [0.2, 0.25) is 0 Å². The van der Waals surface area contributed by atoms with Gasteiger partial charge in [-0.2, -0.15) is 0 Å². The van der Waals surface area contributed by atoms with Crippen LogP contribution in [0.15, 0.2) is 18.2 Å². The van der Waals surface area contributed by atoms with Gasteiger partial charge in [0.2, 0.25) is 0 Å². The van der Waals surface area contributed by atoms with Gasteiger partial charge in [-0.1, -0.05) is 18.2 Å². The van der Waals surface area contributed by atoms with Crippen molar-refractivity contribution in [2.45, 2.75) is 39.5 Å². The van der Waals surface area contributed by atoms with Crippen LogP contribution in [0.3, 0.4) is 0 Å². The molecule has 1 aliphatic heterocycles. The Hall–Kier alpha value is -1.15. The van der Waals surface area contributed by atoms with E-state index in [1.807, 2.05) is 0 Å². The fourth-order valence-corrected chi connectivity index (χ4v) is 3.71. The predicted molar refractivity (Wildman–Crippen MR) is 77.3 cm³/mol. The summed E-state index contributed by atoms with van der Waals surface area (Å²) in [7, 11) is 0. The maximum atomic E-state index is 12.5. The molecule has 0 bridgehead atoms. The zero-order valence-electron chi connectivity index (χ0n) is 12.0. The van der Waals surface area contributed by atoms with Crippen molar-refractivity contribution in [1.82, 2.24) is 5.32 Å². The molecule has 2 heteroatoms. The fourth-order valence-electron chi connectivity index (χ4n) is 3.71. The molecular formula is C17H23NO. The molecule has 1 aliphatic carbocycles. The second-order valence-corrected chi connectivity index (χ2v) is 6.38. The van der Waals surface area contributed by atoms with E-state index in [9.17, 15) is 4.79 Å². The molecule has 3 rings (SSSR count). The molecule has 1 atom stereocenters. The monoisotopic (exact) mass is 257 g/mol. The maximum absolute atomic E-state index is 12.5. The van der Waals surface area contributed by atoms with Crippen molar-refractivity contribution in [2.75, 3.05) is 13.1 Å². The Balaban J connectivity index is 1.70. The molecule has 2 aliphatic rings. The third-order valence-corrected chi connectivity index (χ3v) is 5.17. The second-order valence-electron chi connectivity index (χ2n) is 6.38. The highest BCUT2D eigenvalue weighted by Gasteiger charge is 2.56. The first-order chi connectivity index (χ1) is 9.12. The summed E-state index contributed by atoms with van der Waals surface area (Å²) >= 11 is 0. The lowest BCUT2D eigenvalue weighted by atomic mass is 9.88. The topological polar surface area (TPSA) is 29.1 Å². The van der Waals surface area contributed by atoms with Crippen molar-refractivity contribution in [3.8, 4) is 0 Å². The summed E-state index contributed by atoms with van der Waals surface area (Å²) in [6.45, 7) is 6.41. The van der Waals surface area contributed by atoms with Gasteiger partial charge < -0.3 is 5.32 Å². The normalized spacial score (nSPS) is 24.4. The number of rotatable bonds is 3. The summed E-state index contributed by atoms with van der Waals surface area (Å²) in [6.07, 6.45) is 4.16. The van der Waals surface area contributed by atoms with E-state index in [0.717, 1.165) is 19.5 Å². The van der Waals surface area contributed by atoms with Crippen LogP contribution in [0.25, 0.3) is 0 Å².